The fourth-order valence-corrected chi connectivity index (χ4v) is 2.31. The lowest BCUT2D eigenvalue weighted by molar-refractivity contribution is 0.391. The van der Waals surface area contributed by atoms with Crippen LogP contribution in [0.2, 0.25) is 0 Å². The Morgan fingerprint density at radius 3 is 2.93 bits per heavy atom. The first-order valence-corrected chi connectivity index (χ1v) is 5.92. The van der Waals surface area contributed by atoms with E-state index in [2.05, 4.69) is 10.5 Å². The molecule has 1 aliphatic heterocycles. The molecule has 0 radical (unpaired) electrons. The summed E-state index contributed by atoms with van der Waals surface area (Å²) in [5.41, 5.74) is 2.35. The van der Waals surface area contributed by atoms with Crippen LogP contribution in [-0.2, 0) is 6.42 Å². The number of hydrogen-bond donors (Lipinski definition) is 1. The molecule has 0 spiro atoms. The standard InChI is InChI=1S/C12H20N2O/c1-9-12(10(2)15-14-9)8-11-6-4-3-5-7-13-11/h11,13H,3-8H2,1-2H3. The maximum Gasteiger partial charge on any atom is 0.137 e. The van der Waals surface area contributed by atoms with Crippen LogP contribution in [0.4, 0.5) is 0 Å². The second-order valence-corrected chi connectivity index (χ2v) is 4.51. The van der Waals surface area contributed by atoms with Crippen molar-refractivity contribution in [1.29, 1.82) is 0 Å². The fourth-order valence-electron chi connectivity index (χ4n) is 2.31. The molecule has 3 nitrogen and oxygen atoms in total. The predicted molar refractivity (Wildman–Crippen MR) is 59.9 cm³/mol. The van der Waals surface area contributed by atoms with Gasteiger partial charge in [-0.25, -0.2) is 0 Å². The van der Waals surface area contributed by atoms with Crippen molar-refractivity contribution in [2.75, 3.05) is 6.54 Å². The summed E-state index contributed by atoms with van der Waals surface area (Å²) in [5.74, 6) is 0.985. The summed E-state index contributed by atoms with van der Waals surface area (Å²) in [5, 5.41) is 7.61. The van der Waals surface area contributed by atoms with Crippen molar-refractivity contribution in [2.45, 2.75) is 52.0 Å². The summed E-state index contributed by atoms with van der Waals surface area (Å²) in [6.07, 6.45) is 6.38. The highest BCUT2D eigenvalue weighted by Crippen LogP contribution is 2.18. The first-order valence-electron chi connectivity index (χ1n) is 5.92. The van der Waals surface area contributed by atoms with Crippen LogP contribution in [0.5, 0.6) is 0 Å². The quantitative estimate of drug-likeness (QED) is 0.810. The van der Waals surface area contributed by atoms with Crippen LogP contribution >= 0.6 is 0 Å². The van der Waals surface area contributed by atoms with Gasteiger partial charge in [-0.2, -0.15) is 0 Å². The van der Waals surface area contributed by atoms with E-state index in [-0.39, 0.29) is 0 Å². The molecule has 1 N–H and O–H groups in total. The summed E-state index contributed by atoms with van der Waals surface area (Å²) >= 11 is 0. The third-order valence-electron chi connectivity index (χ3n) is 3.29. The molecule has 1 unspecified atom stereocenters. The number of aromatic nitrogens is 1. The predicted octanol–water partition coefficient (Wildman–Crippen LogP) is 2.37. The first-order chi connectivity index (χ1) is 7.27. The van der Waals surface area contributed by atoms with Gasteiger partial charge >= 0.3 is 0 Å². The average Bonchev–Trinajstić information content (AvgIpc) is 2.49. The highest BCUT2D eigenvalue weighted by molar-refractivity contribution is 5.21. The smallest absolute Gasteiger partial charge is 0.137 e. The fraction of sp³-hybridized carbons (Fsp3) is 0.750. The van der Waals surface area contributed by atoms with Gasteiger partial charge in [0.1, 0.15) is 5.76 Å². The SMILES string of the molecule is Cc1noc(C)c1CC1CCCCCN1. The molecule has 1 aliphatic rings. The van der Waals surface area contributed by atoms with Crippen molar-refractivity contribution >= 4 is 0 Å². The zero-order valence-electron chi connectivity index (χ0n) is 9.68. The van der Waals surface area contributed by atoms with E-state index in [1.807, 2.05) is 13.8 Å². The van der Waals surface area contributed by atoms with E-state index in [4.69, 9.17) is 4.52 Å². The maximum atomic E-state index is 5.19. The van der Waals surface area contributed by atoms with E-state index in [0.29, 0.717) is 6.04 Å². The van der Waals surface area contributed by atoms with Gasteiger partial charge in [0, 0.05) is 11.6 Å². The Kier molecular flexibility index (Phi) is 3.41. The molecular formula is C12H20N2O. The van der Waals surface area contributed by atoms with E-state index in [9.17, 15) is 0 Å². The second kappa shape index (κ2) is 4.79. The summed E-state index contributed by atoms with van der Waals surface area (Å²) in [6.45, 7) is 5.20. The Labute approximate surface area is 91.2 Å². The van der Waals surface area contributed by atoms with Crippen LogP contribution in [0.25, 0.3) is 0 Å². The highest BCUT2D eigenvalue weighted by atomic mass is 16.5. The average molecular weight is 208 g/mol. The topological polar surface area (TPSA) is 38.1 Å². The van der Waals surface area contributed by atoms with Gasteiger partial charge < -0.3 is 9.84 Å². The van der Waals surface area contributed by atoms with E-state index in [0.717, 1.165) is 24.4 Å². The Bertz CT molecular complexity index is 292. The minimum absolute atomic E-state index is 0.615. The lowest BCUT2D eigenvalue weighted by Gasteiger charge is -2.15. The van der Waals surface area contributed by atoms with Crippen molar-refractivity contribution in [3.63, 3.8) is 0 Å². The second-order valence-electron chi connectivity index (χ2n) is 4.51. The van der Waals surface area contributed by atoms with Crippen molar-refractivity contribution < 1.29 is 4.52 Å². The molecule has 1 saturated heterocycles. The van der Waals surface area contributed by atoms with Crippen LogP contribution < -0.4 is 5.32 Å². The van der Waals surface area contributed by atoms with Gasteiger partial charge in [-0.1, -0.05) is 18.0 Å². The molecule has 84 valence electrons. The molecule has 0 aromatic carbocycles. The molecular weight excluding hydrogens is 188 g/mol. The van der Waals surface area contributed by atoms with Crippen LogP contribution in [0.1, 0.15) is 42.7 Å². The Morgan fingerprint density at radius 1 is 1.33 bits per heavy atom. The van der Waals surface area contributed by atoms with Gasteiger partial charge in [-0.15, -0.1) is 0 Å². The number of aryl methyl sites for hydroxylation is 2. The molecule has 2 heterocycles. The number of hydrogen-bond acceptors (Lipinski definition) is 3. The Balaban J connectivity index is 2.00. The maximum absolute atomic E-state index is 5.19. The molecule has 15 heavy (non-hydrogen) atoms. The van der Waals surface area contributed by atoms with Gasteiger partial charge in [-0.3, -0.25) is 0 Å². The van der Waals surface area contributed by atoms with Crippen LogP contribution in [0.15, 0.2) is 4.52 Å². The highest BCUT2D eigenvalue weighted by Gasteiger charge is 2.16. The van der Waals surface area contributed by atoms with Crippen LogP contribution in [-0.4, -0.2) is 17.7 Å². The van der Waals surface area contributed by atoms with Crippen molar-refractivity contribution in [3.8, 4) is 0 Å². The molecule has 1 aromatic rings. The summed E-state index contributed by atoms with van der Waals surface area (Å²) in [7, 11) is 0. The summed E-state index contributed by atoms with van der Waals surface area (Å²) in [6, 6.07) is 0.615. The minimum Gasteiger partial charge on any atom is -0.361 e. The largest absolute Gasteiger partial charge is 0.361 e. The molecule has 0 bridgehead atoms. The van der Waals surface area contributed by atoms with Gasteiger partial charge in [-0.05, 0) is 39.7 Å². The van der Waals surface area contributed by atoms with Crippen molar-refractivity contribution in [1.82, 2.24) is 10.5 Å². The van der Waals surface area contributed by atoms with E-state index >= 15 is 0 Å². The molecule has 0 aliphatic carbocycles. The van der Waals surface area contributed by atoms with E-state index in [1.54, 1.807) is 0 Å². The zero-order chi connectivity index (χ0) is 10.7. The lowest BCUT2D eigenvalue weighted by Crippen LogP contribution is -2.30. The van der Waals surface area contributed by atoms with Gasteiger partial charge in [0.15, 0.2) is 0 Å². The Morgan fingerprint density at radius 2 is 2.20 bits per heavy atom. The normalized spacial score (nSPS) is 22.7. The van der Waals surface area contributed by atoms with E-state index in [1.165, 1.54) is 31.2 Å². The molecule has 0 amide bonds. The van der Waals surface area contributed by atoms with Crippen molar-refractivity contribution in [3.05, 3.63) is 17.0 Å². The summed E-state index contributed by atoms with van der Waals surface area (Å²) < 4.78 is 5.19. The Hall–Kier alpha value is -0.830. The van der Waals surface area contributed by atoms with Gasteiger partial charge in [0.25, 0.3) is 0 Å². The summed E-state index contributed by atoms with van der Waals surface area (Å²) in [4.78, 5) is 0. The number of nitrogens with zero attached hydrogens (tertiary/aromatic N) is 1. The van der Waals surface area contributed by atoms with Gasteiger partial charge in [0.2, 0.25) is 0 Å². The molecule has 0 saturated carbocycles. The lowest BCUT2D eigenvalue weighted by atomic mass is 10.0. The first kappa shape index (κ1) is 10.7. The van der Waals surface area contributed by atoms with E-state index < -0.39 is 0 Å². The molecule has 3 heteroatoms. The monoisotopic (exact) mass is 208 g/mol. The molecule has 2 rings (SSSR count). The number of nitrogens with one attached hydrogen (secondary N) is 1. The van der Waals surface area contributed by atoms with Gasteiger partial charge in [0.05, 0.1) is 5.69 Å². The minimum atomic E-state index is 0.615. The molecule has 1 aromatic heterocycles. The third kappa shape index (κ3) is 2.59. The van der Waals surface area contributed by atoms with Crippen molar-refractivity contribution in [2.24, 2.45) is 0 Å². The third-order valence-corrected chi connectivity index (χ3v) is 3.29. The molecule has 1 fully saturated rings. The van der Waals surface area contributed by atoms with Crippen LogP contribution in [0.3, 0.4) is 0 Å². The van der Waals surface area contributed by atoms with Crippen LogP contribution in [0, 0.1) is 13.8 Å². The zero-order valence-corrected chi connectivity index (χ0v) is 9.68. The molecule has 1 atom stereocenters. The number of rotatable bonds is 2.